The van der Waals surface area contributed by atoms with Crippen LogP contribution in [-0.2, 0) is 17.7 Å². The fraction of sp³-hybridized carbons (Fsp3) is 0.800. The molecule has 0 fully saturated rings. The van der Waals surface area contributed by atoms with Gasteiger partial charge in [0.1, 0.15) is 12.2 Å². The minimum absolute atomic E-state index is 0.164. The lowest BCUT2D eigenvalue weighted by Crippen LogP contribution is -2.39. The molecule has 1 aromatic rings. The monoisotopic (exact) mass is 212 g/mol. The molecule has 86 valence electrons. The van der Waals surface area contributed by atoms with Gasteiger partial charge in [-0.05, 0) is 20.9 Å². The third-order valence-electron chi connectivity index (χ3n) is 2.71. The molecule has 0 aliphatic rings. The highest BCUT2D eigenvalue weighted by molar-refractivity contribution is 4.91. The number of nitrogens with zero attached hydrogens (tertiary/aromatic N) is 3. The average molecular weight is 212 g/mol. The molecule has 1 heterocycles. The summed E-state index contributed by atoms with van der Waals surface area (Å²) in [5.74, 6) is 1.00. The van der Waals surface area contributed by atoms with Crippen LogP contribution in [0.2, 0.25) is 0 Å². The van der Waals surface area contributed by atoms with Crippen LogP contribution >= 0.6 is 0 Å². The molecule has 2 unspecified atom stereocenters. The number of nitrogens with one attached hydrogen (secondary N) is 1. The molecule has 1 aromatic heterocycles. The topological polar surface area (TPSA) is 52.0 Å². The fourth-order valence-corrected chi connectivity index (χ4v) is 1.57. The van der Waals surface area contributed by atoms with Crippen LogP contribution in [0.25, 0.3) is 0 Å². The van der Waals surface area contributed by atoms with Crippen molar-refractivity contribution in [3.05, 3.63) is 12.2 Å². The van der Waals surface area contributed by atoms with Crippen molar-refractivity contribution in [2.45, 2.75) is 39.0 Å². The second-order valence-corrected chi connectivity index (χ2v) is 3.53. The summed E-state index contributed by atoms with van der Waals surface area (Å²) in [6.07, 6.45) is 2.60. The highest BCUT2D eigenvalue weighted by Crippen LogP contribution is 2.05. The van der Waals surface area contributed by atoms with Crippen molar-refractivity contribution in [2.24, 2.45) is 0 Å². The van der Waals surface area contributed by atoms with E-state index in [-0.39, 0.29) is 12.1 Å². The smallest absolute Gasteiger partial charge is 0.138 e. The molecule has 0 saturated carbocycles. The summed E-state index contributed by atoms with van der Waals surface area (Å²) in [4.78, 5) is 4.25. The normalized spacial score (nSPS) is 15.2. The van der Waals surface area contributed by atoms with Crippen LogP contribution in [-0.4, -0.2) is 41.1 Å². The molecule has 1 rings (SSSR count). The zero-order valence-electron chi connectivity index (χ0n) is 9.90. The second kappa shape index (κ2) is 5.82. The molecule has 2 atom stereocenters. The van der Waals surface area contributed by atoms with E-state index in [4.69, 9.17) is 4.74 Å². The third kappa shape index (κ3) is 3.00. The van der Waals surface area contributed by atoms with E-state index in [1.165, 1.54) is 0 Å². The van der Waals surface area contributed by atoms with Crippen molar-refractivity contribution < 1.29 is 4.74 Å². The first kappa shape index (κ1) is 12.1. The molecule has 0 spiro atoms. The van der Waals surface area contributed by atoms with Crippen LogP contribution < -0.4 is 5.32 Å². The zero-order valence-corrected chi connectivity index (χ0v) is 9.90. The van der Waals surface area contributed by atoms with Crippen LogP contribution in [0.1, 0.15) is 19.7 Å². The first-order valence-electron chi connectivity index (χ1n) is 5.29. The van der Waals surface area contributed by atoms with Crippen molar-refractivity contribution in [2.75, 3.05) is 14.2 Å². The Morgan fingerprint density at radius 1 is 1.60 bits per heavy atom. The number of hydrogen-bond donors (Lipinski definition) is 1. The first-order valence-corrected chi connectivity index (χ1v) is 5.29. The standard InChI is InChI=1S/C10H20N4O/c1-5-14-10(12-7-13-14)6-9(11-3)8(2)15-4/h7-9,11H,5-6H2,1-4H3. The van der Waals surface area contributed by atoms with E-state index in [0.29, 0.717) is 0 Å². The molecule has 15 heavy (non-hydrogen) atoms. The van der Waals surface area contributed by atoms with Gasteiger partial charge >= 0.3 is 0 Å². The van der Waals surface area contributed by atoms with E-state index in [9.17, 15) is 0 Å². The highest BCUT2D eigenvalue weighted by atomic mass is 16.5. The van der Waals surface area contributed by atoms with Crippen LogP contribution in [0.15, 0.2) is 6.33 Å². The van der Waals surface area contributed by atoms with Crippen molar-refractivity contribution in [1.29, 1.82) is 0 Å². The van der Waals surface area contributed by atoms with Gasteiger partial charge in [-0.2, -0.15) is 5.10 Å². The van der Waals surface area contributed by atoms with Crippen molar-refractivity contribution in [3.8, 4) is 0 Å². The van der Waals surface area contributed by atoms with Gasteiger partial charge in [0, 0.05) is 26.1 Å². The first-order chi connectivity index (χ1) is 7.22. The molecule has 0 bridgehead atoms. The van der Waals surface area contributed by atoms with Crippen LogP contribution in [0, 0.1) is 0 Å². The maximum absolute atomic E-state index is 5.31. The molecule has 5 heteroatoms. The Bertz CT molecular complexity index is 287. The number of ether oxygens (including phenoxy) is 1. The molecule has 0 radical (unpaired) electrons. The highest BCUT2D eigenvalue weighted by Gasteiger charge is 2.17. The molecule has 5 nitrogen and oxygen atoms in total. The molecule has 0 aliphatic heterocycles. The Morgan fingerprint density at radius 3 is 2.87 bits per heavy atom. The minimum Gasteiger partial charge on any atom is -0.380 e. The lowest BCUT2D eigenvalue weighted by Gasteiger charge is -2.21. The van der Waals surface area contributed by atoms with E-state index in [0.717, 1.165) is 18.8 Å². The number of aryl methyl sites for hydroxylation is 1. The Labute approximate surface area is 90.8 Å². The van der Waals surface area contributed by atoms with Crippen molar-refractivity contribution in [3.63, 3.8) is 0 Å². The number of methoxy groups -OCH3 is 1. The fourth-order valence-electron chi connectivity index (χ4n) is 1.57. The molecule has 0 aliphatic carbocycles. The van der Waals surface area contributed by atoms with E-state index in [1.807, 2.05) is 18.7 Å². The Balaban J connectivity index is 2.66. The maximum Gasteiger partial charge on any atom is 0.138 e. The van der Waals surface area contributed by atoms with Gasteiger partial charge in [0.15, 0.2) is 0 Å². The van der Waals surface area contributed by atoms with Crippen LogP contribution in [0.5, 0.6) is 0 Å². The third-order valence-corrected chi connectivity index (χ3v) is 2.71. The molecular formula is C10H20N4O. The van der Waals surface area contributed by atoms with E-state index in [1.54, 1.807) is 13.4 Å². The lowest BCUT2D eigenvalue weighted by molar-refractivity contribution is 0.0847. The van der Waals surface area contributed by atoms with Gasteiger partial charge in [0.05, 0.1) is 6.10 Å². The number of aromatic nitrogens is 3. The average Bonchev–Trinajstić information content (AvgIpc) is 2.71. The van der Waals surface area contributed by atoms with Gasteiger partial charge in [0.2, 0.25) is 0 Å². The minimum atomic E-state index is 0.164. The summed E-state index contributed by atoms with van der Waals surface area (Å²) < 4.78 is 7.21. The largest absolute Gasteiger partial charge is 0.380 e. The van der Waals surface area contributed by atoms with E-state index in [2.05, 4.69) is 22.3 Å². The van der Waals surface area contributed by atoms with Gasteiger partial charge in [-0.1, -0.05) is 0 Å². The van der Waals surface area contributed by atoms with Crippen molar-refractivity contribution in [1.82, 2.24) is 20.1 Å². The van der Waals surface area contributed by atoms with Gasteiger partial charge in [-0.3, -0.25) is 4.68 Å². The zero-order chi connectivity index (χ0) is 11.3. The summed E-state index contributed by atoms with van der Waals surface area (Å²) in [6, 6.07) is 0.268. The summed E-state index contributed by atoms with van der Waals surface area (Å²) in [6.45, 7) is 4.97. The predicted octanol–water partition coefficient (Wildman–Crippen LogP) is 0.463. The number of hydrogen-bond acceptors (Lipinski definition) is 4. The van der Waals surface area contributed by atoms with E-state index < -0.39 is 0 Å². The molecule has 1 N–H and O–H groups in total. The van der Waals surface area contributed by atoms with Gasteiger partial charge in [0.25, 0.3) is 0 Å². The summed E-state index contributed by atoms with van der Waals surface area (Å²) in [5, 5.41) is 7.38. The molecule has 0 saturated heterocycles. The predicted molar refractivity (Wildman–Crippen MR) is 58.7 cm³/mol. The lowest BCUT2D eigenvalue weighted by atomic mass is 10.1. The number of rotatable bonds is 6. The quantitative estimate of drug-likeness (QED) is 0.744. The maximum atomic E-state index is 5.31. The SMILES string of the molecule is CCn1ncnc1CC(NC)C(C)OC. The summed E-state index contributed by atoms with van der Waals surface area (Å²) in [7, 11) is 3.66. The molecule has 0 amide bonds. The van der Waals surface area contributed by atoms with Gasteiger partial charge in [-0.15, -0.1) is 0 Å². The van der Waals surface area contributed by atoms with E-state index >= 15 is 0 Å². The van der Waals surface area contributed by atoms with Crippen LogP contribution in [0.4, 0.5) is 0 Å². The Hall–Kier alpha value is -0.940. The molecular weight excluding hydrogens is 192 g/mol. The van der Waals surface area contributed by atoms with Gasteiger partial charge in [-0.25, -0.2) is 4.98 Å². The Kier molecular flexibility index (Phi) is 4.71. The summed E-state index contributed by atoms with van der Waals surface area (Å²) >= 11 is 0. The Morgan fingerprint density at radius 2 is 2.33 bits per heavy atom. The van der Waals surface area contributed by atoms with Crippen molar-refractivity contribution >= 4 is 0 Å². The summed E-state index contributed by atoms with van der Waals surface area (Å²) in [5.41, 5.74) is 0. The van der Waals surface area contributed by atoms with Gasteiger partial charge < -0.3 is 10.1 Å². The molecule has 0 aromatic carbocycles. The van der Waals surface area contributed by atoms with Crippen LogP contribution in [0.3, 0.4) is 0 Å². The number of likely N-dealkylation sites (N-methyl/N-ethyl adjacent to an activating group) is 1. The second-order valence-electron chi connectivity index (χ2n) is 3.53.